The van der Waals surface area contributed by atoms with Crippen LogP contribution in [0, 0.1) is 5.92 Å². The van der Waals surface area contributed by atoms with Crippen molar-refractivity contribution in [3.63, 3.8) is 0 Å². The van der Waals surface area contributed by atoms with E-state index in [2.05, 4.69) is 6.92 Å². The Balaban J connectivity index is 2.41. The van der Waals surface area contributed by atoms with Gasteiger partial charge in [0, 0.05) is 14.2 Å². The minimum Gasteiger partial charge on any atom is -0.381 e. The Morgan fingerprint density at radius 1 is 1.17 bits per heavy atom. The normalized spacial score (nSPS) is 36.8. The fourth-order valence-electron chi connectivity index (χ4n) is 2.13. The first-order valence-electron chi connectivity index (χ1n) is 4.87. The van der Waals surface area contributed by atoms with E-state index in [4.69, 9.17) is 9.47 Å². The van der Waals surface area contributed by atoms with Crippen molar-refractivity contribution in [1.29, 1.82) is 0 Å². The van der Waals surface area contributed by atoms with Gasteiger partial charge in [-0.15, -0.1) is 0 Å². The van der Waals surface area contributed by atoms with Crippen LogP contribution in [0.5, 0.6) is 0 Å². The molecule has 1 fully saturated rings. The zero-order valence-electron chi connectivity index (χ0n) is 8.38. The van der Waals surface area contributed by atoms with Gasteiger partial charge in [-0.25, -0.2) is 0 Å². The fourth-order valence-corrected chi connectivity index (χ4v) is 2.13. The first-order valence-corrected chi connectivity index (χ1v) is 4.87. The van der Waals surface area contributed by atoms with Crippen molar-refractivity contribution in [2.75, 3.05) is 14.2 Å². The molecule has 0 amide bonds. The van der Waals surface area contributed by atoms with Crippen LogP contribution in [0.4, 0.5) is 0 Å². The van der Waals surface area contributed by atoms with E-state index < -0.39 is 0 Å². The smallest absolute Gasteiger partial charge is 0.0624 e. The lowest BCUT2D eigenvalue weighted by atomic mass is 9.83. The summed E-state index contributed by atoms with van der Waals surface area (Å²) in [5, 5.41) is 0. The minimum atomic E-state index is 0.425. The van der Waals surface area contributed by atoms with Gasteiger partial charge in [-0.2, -0.15) is 0 Å². The Labute approximate surface area is 75.2 Å². The van der Waals surface area contributed by atoms with E-state index >= 15 is 0 Å². The molecule has 0 aromatic heterocycles. The van der Waals surface area contributed by atoms with Crippen LogP contribution in [-0.2, 0) is 9.47 Å². The van der Waals surface area contributed by atoms with E-state index in [1.165, 1.54) is 19.3 Å². The topological polar surface area (TPSA) is 18.5 Å². The molecule has 0 aromatic rings. The van der Waals surface area contributed by atoms with Crippen LogP contribution < -0.4 is 0 Å². The van der Waals surface area contributed by atoms with Gasteiger partial charge in [0.05, 0.1) is 12.2 Å². The Kier molecular flexibility index (Phi) is 4.02. The third-order valence-corrected chi connectivity index (χ3v) is 3.04. The molecule has 72 valence electrons. The quantitative estimate of drug-likeness (QED) is 0.650. The van der Waals surface area contributed by atoms with E-state index in [-0.39, 0.29) is 0 Å². The first-order chi connectivity index (χ1) is 5.81. The molecule has 12 heavy (non-hydrogen) atoms. The maximum atomic E-state index is 5.45. The monoisotopic (exact) mass is 172 g/mol. The van der Waals surface area contributed by atoms with E-state index in [1.807, 2.05) is 7.11 Å². The summed E-state index contributed by atoms with van der Waals surface area (Å²) in [6.45, 7) is 2.24. The molecule has 0 bridgehead atoms. The van der Waals surface area contributed by atoms with Crippen molar-refractivity contribution in [3.05, 3.63) is 0 Å². The Bertz CT molecular complexity index is 125. The largest absolute Gasteiger partial charge is 0.381 e. The average Bonchev–Trinajstić information content (AvgIpc) is 2.16. The van der Waals surface area contributed by atoms with Gasteiger partial charge in [0.15, 0.2) is 0 Å². The second-order valence-corrected chi connectivity index (χ2v) is 3.61. The lowest BCUT2D eigenvalue weighted by molar-refractivity contribution is -0.0418. The van der Waals surface area contributed by atoms with Crippen LogP contribution in [-0.4, -0.2) is 26.4 Å². The lowest BCUT2D eigenvalue weighted by Crippen LogP contribution is -2.34. The number of hydrogen-bond acceptors (Lipinski definition) is 2. The molecular weight excluding hydrogens is 152 g/mol. The number of rotatable bonds is 3. The summed E-state index contributed by atoms with van der Waals surface area (Å²) in [5.74, 6) is 0.751. The SMILES string of the molecule is CCC1CCC(OC)CC1OC. The molecule has 0 radical (unpaired) electrons. The third-order valence-electron chi connectivity index (χ3n) is 3.04. The van der Waals surface area contributed by atoms with Gasteiger partial charge < -0.3 is 9.47 Å². The molecule has 0 N–H and O–H groups in total. The van der Waals surface area contributed by atoms with Gasteiger partial charge in [-0.1, -0.05) is 13.3 Å². The Morgan fingerprint density at radius 3 is 2.42 bits per heavy atom. The van der Waals surface area contributed by atoms with Crippen LogP contribution in [0.15, 0.2) is 0 Å². The van der Waals surface area contributed by atoms with Crippen molar-refractivity contribution in [2.24, 2.45) is 5.92 Å². The van der Waals surface area contributed by atoms with Gasteiger partial charge in [-0.3, -0.25) is 0 Å². The van der Waals surface area contributed by atoms with Crippen molar-refractivity contribution >= 4 is 0 Å². The number of hydrogen-bond donors (Lipinski definition) is 0. The summed E-state index contributed by atoms with van der Waals surface area (Å²) in [7, 11) is 3.61. The molecule has 1 aliphatic carbocycles. The minimum absolute atomic E-state index is 0.425. The van der Waals surface area contributed by atoms with Gasteiger partial charge >= 0.3 is 0 Å². The van der Waals surface area contributed by atoms with Crippen LogP contribution in [0.25, 0.3) is 0 Å². The van der Waals surface area contributed by atoms with Crippen LogP contribution in [0.3, 0.4) is 0 Å². The highest BCUT2D eigenvalue weighted by Gasteiger charge is 2.28. The van der Waals surface area contributed by atoms with E-state index in [0.29, 0.717) is 12.2 Å². The molecule has 3 atom stereocenters. The van der Waals surface area contributed by atoms with Crippen molar-refractivity contribution in [1.82, 2.24) is 0 Å². The second-order valence-electron chi connectivity index (χ2n) is 3.61. The van der Waals surface area contributed by atoms with Gasteiger partial charge in [0.25, 0.3) is 0 Å². The number of ether oxygens (including phenoxy) is 2. The highest BCUT2D eigenvalue weighted by molar-refractivity contribution is 4.80. The fraction of sp³-hybridized carbons (Fsp3) is 1.00. The Hall–Kier alpha value is -0.0800. The van der Waals surface area contributed by atoms with Crippen LogP contribution in [0.2, 0.25) is 0 Å². The molecule has 0 saturated heterocycles. The summed E-state index contributed by atoms with van der Waals surface area (Å²) >= 11 is 0. The molecule has 1 aliphatic rings. The van der Waals surface area contributed by atoms with Gasteiger partial charge in [0.2, 0.25) is 0 Å². The highest BCUT2D eigenvalue weighted by Crippen LogP contribution is 2.30. The van der Waals surface area contributed by atoms with Crippen molar-refractivity contribution < 1.29 is 9.47 Å². The average molecular weight is 172 g/mol. The predicted molar refractivity (Wildman–Crippen MR) is 49.2 cm³/mol. The van der Waals surface area contributed by atoms with Crippen molar-refractivity contribution in [3.8, 4) is 0 Å². The molecule has 0 aliphatic heterocycles. The molecular formula is C10H20O2. The van der Waals surface area contributed by atoms with E-state index in [1.54, 1.807) is 7.11 Å². The summed E-state index contributed by atoms with van der Waals surface area (Å²) < 4.78 is 10.8. The molecule has 2 nitrogen and oxygen atoms in total. The summed E-state index contributed by atoms with van der Waals surface area (Å²) in [4.78, 5) is 0. The molecule has 0 heterocycles. The lowest BCUT2D eigenvalue weighted by Gasteiger charge is -2.34. The molecule has 1 saturated carbocycles. The standard InChI is InChI=1S/C10H20O2/c1-4-8-5-6-9(11-2)7-10(8)12-3/h8-10H,4-7H2,1-3H3. The number of methoxy groups -OCH3 is 2. The van der Waals surface area contributed by atoms with Crippen LogP contribution in [0.1, 0.15) is 32.6 Å². The second kappa shape index (κ2) is 4.83. The molecule has 2 heteroatoms. The predicted octanol–water partition coefficient (Wildman–Crippen LogP) is 2.23. The van der Waals surface area contributed by atoms with E-state index in [9.17, 15) is 0 Å². The first kappa shape index (κ1) is 10.0. The van der Waals surface area contributed by atoms with Gasteiger partial charge in [0.1, 0.15) is 0 Å². The van der Waals surface area contributed by atoms with Gasteiger partial charge in [-0.05, 0) is 25.2 Å². The summed E-state index contributed by atoms with van der Waals surface area (Å²) in [6, 6.07) is 0. The molecule has 0 aromatic carbocycles. The zero-order chi connectivity index (χ0) is 8.97. The maximum Gasteiger partial charge on any atom is 0.0624 e. The Morgan fingerprint density at radius 2 is 1.92 bits per heavy atom. The molecule has 0 spiro atoms. The van der Waals surface area contributed by atoms with E-state index in [0.717, 1.165) is 12.3 Å². The maximum absolute atomic E-state index is 5.45. The third kappa shape index (κ3) is 2.20. The summed E-state index contributed by atoms with van der Waals surface area (Å²) in [6.07, 6.45) is 5.62. The van der Waals surface area contributed by atoms with Crippen LogP contribution >= 0.6 is 0 Å². The van der Waals surface area contributed by atoms with Crippen molar-refractivity contribution in [2.45, 2.75) is 44.8 Å². The molecule has 3 unspecified atom stereocenters. The zero-order valence-corrected chi connectivity index (χ0v) is 8.38. The summed E-state index contributed by atoms with van der Waals surface area (Å²) in [5.41, 5.74) is 0. The molecule has 1 rings (SSSR count). The highest BCUT2D eigenvalue weighted by atomic mass is 16.5.